The summed E-state index contributed by atoms with van der Waals surface area (Å²) in [7, 11) is 0. The van der Waals surface area contributed by atoms with Crippen molar-refractivity contribution in [2.45, 2.75) is 19.8 Å². The smallest absolute Gasteiger partial charge is 0.101 e. The van der Waals surface area contributed by atoms with Crippen LogP contribution >= 0.6 is 23.2 Å². The third kappa shape index (κ3) is 2.23. The highest BCUT2D eigenvalue weighted by atomic mass is 35.5. The number of rotatable bonds is 2. The summed E-state index contributed by atoms with van der Waals surface area (Å²) in [5.74, 6) is 0. The molecule has 0 aromatic heterocycles. The maximum Gasteiger partial charge on any atom is 0.101 e. The number of nitrogens with zero attached hydrogens (tertiary/aromatic N) is 2. The molecule has 0 saturated heterocycles. The molecule has 0 N–H and O–H groups in total. The normalized spacial score (nSPS) is 9.40. The molecule has 0 radical (unpaired) electrons. The van der Waals surface area contributed by atoms with Gasteiger partial charge in [-0.25, -0.2) is 0 Å². The Morgan fingerprint density at radius 1 is 1.33 bits per heavy atom. The molecule has 0 atom stereocenters. The fourth-order valence-electron chi connectivity index (χ4n) is 1.35. The van der Waals surface area contributed by atoms with E-state index >= 15 is 0 Å². The molecule has 0 saturated carbocycles. The Morgan fingerprint density at radius 2 is 2.00 bits per heavy atom. The number of aryl methyl sites for hydroxylation is 1. The van der Waals surface area contributed by atoms with Crippen LogP contribution in [0.15, 0.2) is 6.07 Å². The van der Waals surface area contributed by atoms with Crippen molar-refractivity contribution in [1.29, 1.82) is 10.5 Å². The van der Waals surface area contributed by atoms with Crippen molar-refractivity contribution in [3.63, 3.8) is 0 Å². The lowest BCUT2D eigenvalue weighted by atomic mass is 10.0. The summed E-state index contributed by atoms with van der Waals surface area (Å²) in [4.78, 5) is 0. The number of nitriles is 2. The molecule has 0 unspecified atom stereocenters. The molecule has 0 aliphatic carbocycles. The largest absolute Gasteiger partial charge is 0.198 e. The minimum Gasteiger partial charge on any atom is -0.198 e. The van der Waals surface area contributed by atoms with Gasteiger partial charge in [0.05, 0.1) is 23.1 Å². The van der Waals surface area contributed by atoms with Gasteiger partial charge in [0, 0.05) is 10.6 Å². The van der Waals surface area contributed by atoms with Crippen LogP contribution in [0.4, 0.5) is 0 Å². The van der Waals surface area contributed by atoms with Crippen LogP contribution in [0.25, 0.3) is 0 Å². The Hall–Kier alpha value is -1.22. The average Bonchev–Trinajstić information content (AvgIpc) is 2.23. The van der Waals surface area contributed by atoms with E-state index in [9.17, 15) is 0 Å². The molecular formula is C11H8Cl2N2. The van der Waals surface area contributed by atoms with Gasteiger partial charge in [0.2, 0.25) is 0 Å². The van der Waals surface area contributed by atoms with Crippen molar-refractivity contribution in [2.24, 2.45) is 0 Å². The van der Waals surface area contributed by atoms with Crippen LogP contribution in [0.1, 0.15) is 23.6 Å². The molecule has 4 heteroatoms. The number of hydrogen-bond donors (Lipinski definition) is 0. The van der Waals surface area contributed by atoms with E-state index in [4.69, 9.17) is 33.7 Å². The van der Waals surface area contributed by atoms with Gasteiger partial charge in [-0.2, -0.15) is 10.5 Å². The second-order valence-electron chi connectivity index (χ2n) is 2.99. The fraction of sp³-hybridized carbons (Fsp3) is 0.273. The first-order valence-electron chi connectivity index (χ1n) is 4.42. The van der Waals surface area contributed by atoms with Gasteiger partial charge in [-0.15, -0.1) is 0 Å². The molecule has 2 nitrogen and oxygen atoms in total. The second-order valence-corrected chi connectivity index (χ2v) is 3.77. The fourth-order valence-corrected chi connectivity index (χ4v) is 2.02. The monoisotopic (exact) mass is 238 g/mol. The maximum absolute atomic E-state index is 8.95. The minimum absolute atomic E-state index is 0.121. The number of halogens is 2. The summed E-state index contributed by atoms with van der Waals surface area (Å²) >= 11 is 12.0. The van der Waals surface area contributed by atoms with Crippen molar-refractivity contribution in [2.75, 3.05) is 0 Å². The summed E-state index contributed by atoms with van der Waals surface area (Å²) in [5.41, 5.74) is 1.78. The summed E-state index contributed by atoms with van der Waals surface area (Å²) in [6.07, 6.45) is 0.811. The quantitative estimate of drug-likeness (QED) is 0.792. The molecule has 0 bridgehead atoms. The van der Waals surface area contributed by atoms with Gasteiger partial charge in [-0.1, -0.05) is 30.1 Å². The van der Waals surface area contributed by atoms with Gasteiger partial charge >= 0.3 is 0 Å². The molecule has 0 amide bonds. The molecule has 0 heterocycles. The highest BCUT2D eigenvalue weighted by molar-refractivity contribution is 6.37. The first-order chi connectivity index (χ1) is 7.15. The summed E-state index contributed by atoms with van der Waals surface area (Å²) in [5, 5.41) is 18.3. The lowest BCUT2D eigenvalue weighted by Gasteiger charge is -2.09. The Balaban J connectivity index is 3.47. The molecule has 15 heavy (non-hydrogen) atoms. The molecule has 0 aliphatic heterocycles. The van der Waals surface area contributed by atoms with E-state index in [1.807, 2.05) is 19.1 Å². The molecule has 0 aliphatic rings. The predicted molar refractivity (Wildman–Crippen MR) is 59.9 cm³/mol. The third-order valence-corrected chi connectivity index (χ3v) is 2.90. The molecule has 0 fully saturated rings. The van der Waals surface area contributed by atoms with Crippen molar-refractivity contribution >= 4 is 23.2 Å². The summed E-state index contributed by atoms with van der Waals surface area (Å²) in [6.45, 7) is 1.92. The first kappa shape index (κ1) is 11.9. The van der Waals surface area contributed by atoms with Crippen LogP contribution in [0.5, 0.6) is 0 Å². The Labute approximate surface area is 98.6 Å². The lowest BCUT2D eigenvalue weighted by Crippen LogP contribution is -1.95. The van der Waals surface area contributed by atoms with Crippen LogP contribution in [0.2, 0.25) is 10.0 Å². The van der Waals surface area contributed by atoms with Crippen molar-refractivity contribution in [1.82, 2.24) is 0 Å². The van der Waals surface area contributed by atoms with E-state index in [2.05, 4.69) is 0 Å². The maximum atomic E-state index is 8.95. The predicted octanol–water partition coefficient (Wildman–Crippen LogP) is 3.49. The minimum atomic E-state index is 0.121. The van der Waals surface area contributed by atoms with Crippen LogP contribution in [0, 0.1) is 22.7 Å². The van der Waals surface area contributed by atoms with Crippen LogP contribution in [-0.2, 0) is 12.8 Å². The molecule has 76 valence electrons. The zero-order chi connectivity index (χ0) is 11.4. The van der Waals surface area contributed by atoms with E-state index in [1.165, 1.54) is 0 Å². The number of hydrogen-bond acceptors (Lipinski definition) is 2. The average molecular weight is 239 g/mol. The van der Waals surface area contributed by atoms with Gasteiger partial charge in [-0.3, -0.25) is 0 Å². The highest BCUT2D eigenvalue weighted by Crippen LogP contribution is 2.31. The van der Waals surface area contributed by atoms with E-state index in [0.29, 0.717) is 27.6 Å². The molecular weight excluding hydrogens is 231 g/mol. The standard InChI is InChI=1S/C11H8Cl2N2/c1-2-7-5-10(12)8(3-4-14)11(13)9(7)6-15/h5H,2-3H2,1H3. The van der Waals surface area contributed by atoms with Crippen molar-refractivity contribution < 1.29 is 0 Å². The van der Waals surface area contributed by atoms with E-state index in [0.717, 1.165) is 5.56 Å². The SMILES string of the molecule is CCc1cc(Cl)c(CC#N)c(Cl)c1C#N. The summed E-state index contributed by atoms with van der Waals surface area (Å²) < 4.78 is 0. The zero-order valence-corrected chi connectivity index (χ0v) is 9.65. The van der Waals surface area contributed by atoms with Gasteiger partial charge in [0.1, 0.15) is 6.07 Å². The number of benzene rings is 1. The Morgan fingerprint density at radius 3 is 2.47 bits per heavy atom. The van der Waals surface area contributed by atoms with E-state index < -0.39 is 0 Å². The van der Waals surface area contributed by atoms with Crippen molar-refractivity contribution in [3.05, 3.63) is 32.8 Å². The summed E-state index contributed by atoms with van der Waals surface area (Å²) in [6, 6.07) is 5.72. The van der Waals surface area contributed by atoms with Crippen LogP contribution in [0.3, 0.4) is 0 Å². The molecule has 1 aromatic rings. The Kier molecular flexibility index (Phi) is 3.97. The van der Waals surface area contributed by atoms with E-state index in [1.54, 1.807) is 6.07 Å². The van der Waals surface area contributed by atoms with E-state index in [-0.39, 0.29) is 6.42 Å². The third-order valence-electron chi connectivity index (χ3n) is 2.14. The first-order valence-corrected chi connectivity index (χ1v) is 5.18. The molecule has 0 spiro atoms. The van der Waals surface area contributed by atoms with Crippen molar-refractivity contribution in [3.8, 4) is 12.1 Å². The lowest BCUT2D eigenvalue weighted by molar-refractivity contribution is 1.11. The highest BCUT2D eigenvalue weighted by Gasteiger charge is 2.14. The topological polar surface area (TPSA) is 47.6 Å². The van der Waals surface area contributed by atoms with Gasteiger partial charge in [0.15, 0.2) is 0 Å². The van der Waals surface area contributed by atoms with Gasteiger partial charge in [0.25, 0.3) is 0 Å². The van der Waals surface area contributed by atoms with Crippen LogP contribution in [-0.4, -0.2) is 0 Å². The van der Waals surface area contributed by atoms with Crippen LogP contribution < -0.4 is 0 Å². The second kappa shape index (κ2) is 5.03. The molecule has 1 aromatic carbocycles. The molecule has 1 rings (SSSR count). The zero-order valence-electron chi connectivity index (χ0n) is 8.14. The Bertz CT molecular complexity index is 467. The van der Waals surface area contributed by atoms with Gasteiger partial charge in [-0.05, 0) is 18.1 Å². The van der Waals surface area contributed by atoms with Gasteiger partial charge < -0.3 is 0 Å².